The molecule has 0 saturated heterocycles. The van der Waals surface area contributed by atoms with E-state index >= 15 is 0 Å². The molecule has 2 atom stereocenters. The second kappa shape index (κ2) is 5.20. The predicted molar refractivity (Wildman–Crippen MR) is 81.4 cm³/mol. The number of H-pyrrole nitrogens is 1. The Morgan fingerprint density at radius 1 is 1.21 bits per heavy atom. The number of benzene rings is 1. The molecular formula is C16H13F3N4O. The van der Waals surface area contributed by atoms with Gasteiger partial charge in [0, 0.05) is 6.42 Å². The van der Waals surface area contributed by atoms with E-state index in [-0.39, 0.29) is 16.9 Å². The quantitative estimate of drug-likeness (QED) is 0.673. The molecule has 0 fully saturated rings. The molecule has 1 aliphatic rings. The van der Waals surface area contributed by atoms with Crippen LogP contribution < -0.4 is 5.32 Å². The van der Waals surface area contributed by atoms with Crippen LogP contribution in [-0.2, 0) is 12.6 Å². The maximum absolute atomic E-state index is 12.9. The van der Waals surface area contributed by atoms with Gasteiger partial charge in [-0.05, 0) is 17.2 Å². The molecule has 124 valence electrons. The van der Waals surface area contributed by atoms with Crippen molar-refractivity contribution < 1.29 is 18.3 Å². The van der Waals surface area contributed by atoms with Gasteiger partial charge in [0.05, 0.1) is 17.5 Å². The van der Waals surface area contributed by atoms with Crippen LogP contribution in [0, 0.1) is 0 Å². The van der Waals surface area contributed by atoms with Crippen LogP contribution in [0.2, 0.25) is 0 Å². The number of fused-ring (bicyclic) bond motifs is 2. The minimum atomic E-state index is -4.49. The Hall–Kier alpha value is -2.61. The number of alkyl halides is 3. The van der Waals surface area contributed by atoms with E-state index in [1.807, 2.05) is 24.3 Å². The van der Waals surface area contributed by atoms with Gasteiger partial charge in [0.1, 0.15) is 23.5 Å². The number of hydrogen-bond acceptors (Lipinski definition) is 4. The molecule has 24 heavy (non-hydrogen) atoms. The molecule has 1 aliphatic carbocycles. The monoisotopic (exact) mass is 334 g/mol. The Morgan fingerprint density at radius 2 is 2.00 bits per heavy atom. The van der Waals surface area contributed by atoms with Gasteiger partial charge in [0.25, 0.3) is 0 Å². The van der Waals surface area contributed by atoms with Crippen molar-refractivity contribution in [1.29, 1.82) is 0 Å². The van der Waals surface area contributed by atoms with E-state index in [2.05, 4.69) is 20.3 Å². The van der Waals surface area contributed by atoms with Crippen LogP contribution >= 0.6 is 0 Å². The average Bonchev–Trinajstić information content (AvgIpc) is 3.10. The summed E-state index contributed by atoms with van der Waals surface area (Å²) in [7, 11) is 0. The van der Waals surface area contributed by atoms with Crippen molar-refractivity contribution in [2.75, 3.05) is 5.32 Å². The van der Waals surface area contributed by atoms with Crippen molar-refractivity contribution in [3.8, 4) is 0 Å². The summed E-state index contributed by atoms with van der Waals surface area (Å²) in [6.45, 7) is 0. The summed E-state index contributed by atoms with van der Waals surface area (Å²) in [5, 5.41) is 13.6. The smallest absolute Gasteiger partial charge is 0.390 e. The first kappa shape index (κ1) is 14.9. The SMILES string of the molecule is O[C@H]1Cc2ccccc2[C@H]1Nc1ncnc2[nH]c(C(F)(F)F)cc12. The molecule has 0 bridgehead atoms. The summed E-state index contributed by atoms with van der Waals surface area (Å²) in [6, 6.07) is 8.11. The van der Waals surface area contributed by atoms with Crippen LogP contribution in [0.1, 0.15) is 22.9 Å². The van der Waals surface area contributed by atoms with Gasteiger partial charge in [-0.25, -0.2) is 9.97 Å². The lowest BCUT2D eigenvalue weighted by molar-refractivity contribution is -0.140. The third kappa shape index (κ3) is 2.39. The first-order valence-corrected chi connectivity index (χ1v) is 7.37. The topological polar surface area (TPSA) is 73.8 Å². The van der Waals surface area contributed by atoms with Crippen LogP contribution in [0.25, 0.3) is 11.0 Å². The van der Waals surface area contributed by atoms with Crippen molar-refractivity contribution in [3.63, 3.8) is 0 Å². The summed E-state index contributed by atoms with van der Waals surface area (Å²) in [5.74, 6) is 0.257. The second-order valence-electron chi connectivity index (χ2n) is 5.76. The maximum atomic E-state index is 12.9. The van der Waals surface area contributed by atoms with E-state index in [4.69, 9.17) is 0 Å². The highest BCUT2D eigenvalue weighted by Gasteiger charge is 2.34. The third-order valence-corrected chi connectivity index (χ3v) is 4.23. The Morgan fingerprint density at radius 3 is 2.79 bits per heavy atom. The van der Waals surface area contributed by atoms with E-state index in [0.717, 1.165) is 17.2 Å². The normalized spacial score (nSPS) is 20.3. The number of rotatable bonds is 2. The number of anilines is 1. The van der Waals surface area contributed by atoms with E-state index in [0.29, 0.717) is 6.42 Å². The molecule has 8 heteroatoms. The van der Waals surface area contributed by atoms with Crippen molar-refractivity contribution in [2.45, 2.75) is 24.7 Å². The molecule has 0 aliphatic heterocycles. The van der Waals surface area contributed by atoms with Gasteiger partial charge in [0.15, 0.2) is 0 Å². The van der Waals surface area contributed by atoms with Gasteiger partial charge in [-0.2, -0.15) is 13.2 Å². The average molecular weight is 334 g/mol. The lowest BCUT2D eigenvalue weighted by Gasteiger charge is -2.18. The lowest BCUT2D eigenvalue weighted by atomic mass is 10.1. The fourth-order valence-electron chi connectivity index (χ4n) is 3.10. The molecule has 2 aromatic heterocycles. The van der Waals surface area contributed by atoms with Crippen molar-refractivity contribution in [2.24, 2.45) is 0 Å². The summed E-state index contributed by atoms with van der Waals surface area (Å²) < 4.78 is 38.6. The zero-order chi connectivity index (χ0) is 16.9. The Kier molecular flexibility index (Phi) is 3.24. The molecule has 3 N–H and O–H groups in total. The largest absolute Gasteiger partial charge is 0.431 e. The van der Waals surface area contributed by atoms with Crippen LogP contribution in [0.5, 0.6) is 0 Å². The first-order valence-electron chi connectivity index (χ1n) is 7.37. The Bertz CT molecular complexity index is 906. The standard InChI is InChI=1S/C16H13F3N4O/c17-16(18,19)12-6-10-14(22-12)20-7-21-15(10)23-13-9-4-2-1-3-8(9)5-11(13)24/h1-4,6-7,11,13,24H,5H2,(H2,20,21,22,23)/t11-,13+/m0/s1. The van der Waals surface area contributed by atoms with E-state index in [1.54, 1.807) is 0 Å². The highest BCUT2D eigenvalue weighted by atomic mass is 19.4. The van der Waals surface area contributed by atoms with E-state index in [9.17, 15) is 18.3 Å². The highest BCUT2D eigenvalue weighted by Crippen LogP contribution is 2.36. The number of hydrogen-bond donors (Lipinski definition) is 3. The first-order chi connectivity index (χ1) is 11.4. The minimum Gasteiger partial charge on any atom is -0.390 e. The second-order valence-corrected chi connectivity index (χ2v) is 5.76. The van der Waals surface area contributed by atoms with Crippen LogP contribution in [0.4, 0.5) is 19.0 Å². The van der Waals surface area contributed by atoms with Crippen LogP contribution in [0.15, 0.2) is 36.7 Å². The van der Waals surface area contributed by atoms with Gasteiger partial charge in [-0.1, -0.05) is 24.3 Å². The molecule has 0 saturated carbocycles. The summed E-state index contributed by atoms with van der Waals surface area (Å²) in [5.41, 5.74) is 1.15. The third-order valence-electron chi connectivity index (χ3n) is 4.23. The molecule has 2 heterocycles. The molecule has 1 aromatic carbocycles. The van der Waals surface area contributed by atoms with Gasteiger partial charge >= 0.3 is 6.18 Å². The number of aliphatic hydroxyl groups excluding tert-OH is 1. The molecule has 4 rings (SSSR count). The number of nitrogens with one attached hydrogen (secondary N) is 2. The predicted octanol–water partition coefficient (Wildman–Crippen LogP) is 3.05. The number of halogens is 3. The molecule has 3 aromatic rings. The number of aromatic amines is 1. The summed E-state index contributed by atoms with van der Waals surface area (Å²) >= 11 is 0. The number of nitrogens with zero attached hydrogens (tertiary/aromatic N) is 2. The molecule has 0 amide bonds. The highest BCUT2D eigenvalue weighted by molar-refractivity contribution is 5.88. The zero-order valence-corrected chi connectivity index (χ0v) is 12.3. The van der Waals surface area contributed by atoms with Crippen LogP contribution in [0.3, 0.4) is 0 Å². The minimum absolute atomic E-state index is 0.0978. The molecule has 5 nitrogen and oxygen atoms in total. The number of aliphatic hydroxyl groups is 1. The Balaban J connectivity index is 1.74. The van der Waals surface area contributed by atoms with Gasteiger partial charge in [-0.3, -0.25) is 0 Å². The summed E-state index contributed by atoms with van der Waals surface area (Å²) in [4.78, 5) is 10.1. The molecular weight excluding hydrogens is 321 g/mol. The fraction of sp³-hybridized carbons (Fsp3) is 0.250. The van der Waals surface area contributed by atoms with Gasteiger partial charge < -0.3 is 15.4 Å². The van der Waals surface area contributed by atoms with Crippen molar-refractivity contribution >= 4 is 16.9 Å². The molecule has 0 unspecified atom stereocenters. The zero-order valence-electron chi connectivity index (χ0n) is 12.3. The van der Waals surface area contributed by atoms with Gasteiger partial charge in [-0.15, -0.1) is 0 Å². The van der Waals surface area contributed by atoms with Gasteiger partial charge in [0.2, 0.25) is 0 Å². The molecule has 0 spiro atoms. The summed E-state index contributed by atoms with van der Waals surface area (Å²) in [6.07, 6.45) is -3.48. The molecule has 0 radical (unpaired) electrons. The van der Waals surface area contributed by atoms with Crippen molar-refractivity contribution in [3.05, 3.63) is 53.5 Å². The fourth-order valence-corrected chi connectivity index (χ4v) is 3.10. The number of aromatic nitrogens is 3. The van der Waals surface area contributed by atoms with Crippen molar-refractivity contribution in [1.82, 2.24) is 15.0 Å². The Labute approximate surface area is 134 Å². The van der Waals surface area contributed by atoms with E-state index < -0.39 is 24.0 Å². The lowest BCUT2D eigenvalue weighted by Crippen LogP contribution is -2.21. The van der Waals surface area contributed by atoms with Crippen LogP contribution in [-0.4, -0.2) is 26.2 Å². The van der Waals surface area contributed by atoms with E-state index in [1.165, 1.54) is 6.33 Å². The maximum Gasteiger partial charge on any atom is 0.431 e.